The molecular formula is C24H29N5O. The number of hydrogen-bond acceptors (Lipinski definition) is 5. The summed E-state index contributed by atoms with van der Waals surface area (Å²) in [5.74, 6) is 0.718. The first kappa shape index (κ1) is 20.3. The van der Waals surface area contributed by atoms with Crippen LogP contribution in [0, 0.1) is 0 Å². The Morgan fingerprint density at radius 1 is 0.933 bits per heavy atom. The van der Waals surface area contributed by atoms with E-state index in [0.717, 1.165) is 62.0 Å². The standard InChI is InChI=1S/C24H29N5O/c1-28-15-8-16-29(18-17-28)23-21-13-6-5-12-20(21)22(26-27-23)24(30)25-14-7-11-19-9-3-2-4-10-19/h2-6,9-10,12-13H,7-8,11,14-18H2,1H3,(H,25,30). The summed E-state index contributed by atoms with van der Waals surface area (Å²) < 4.78 is 0. The second-order valence-electron chi connectivity index (χ2n) is 7.91. The maximum Gasteiger partial charge on any atom is 0.272 e. The van der Waals surface area contributed by atoms with Gasteiger partial charge in [0.05, 0.1) is 0 Å². The van der Waals surface area contributed by atoms with Crippen molar-refractivity contribution in [2.24, 2.45) is 0 Å². The van der Waals surface area contributed by atoms with Gasteiger partial charge in [0.15, 0.2) is 11.5 Å². The Labute approximate surface area is 177 Å². The number of likely N-dealkylation sites (N-methyl/N-ethyl adjacent to an activating group) is 1. The van der Waals surface area contributed by atoms with Crippen molar-refractivity contribution in [2.45, 2.75) is 19.3 Å². The molecule has 1 aromatic heterocycles. The molecule has 1 aliphatic heterocycles. The van der Waals surface area contributed by atoms with Gasteiger partial charge in [0.1, 0.15) is 0 Å². The second-order valence-corrected chi connectivity index (χ2v) is 7.91. The first-order valence-corrected chi connectivity index (χ1v) is 10.7. The van der Waals surface area contributed by atoms with E-state index in [9.17, 15) is 4.79 Å². The van der Waals surface area contributed by atoms with Crippen molar-refractivity contribution >= 4 is 22.5 Å². The van der Waals surface area contributed by atoms with Crippen LogP contribution in [0.5, 0.6) is 0 Å². The number of rotatable bonds is 6. The molecule has 30 heavy (non-hydrogen) atoms. The molecule has 6 nitrogen and oxygen atoms in total. The molecule has 2 aromatic carbocycles. The van der Waals surface area contributed by atoms with Crippen LogP contribution >= 0.6 is 0 Å². The molecule has 0 radical (unpaired) electrons. The fourth-order valence-electron chi connectivity index (χ4n) is 3.97. The van der Waals surface area contributed by atoms with Gasteiger partial charge in [-0.15, -0.1) is 10.2 Å². The van der Waals surface area contributed by atoms with Crippen LogP contribution in [0.1, 0.15) is 28.9 Å². The largest absolute Gasteiger partial charge is 0.353 e. The molecule has 1 N–H and O–H groups in total. The van der Waals surface area contributed by atoms with E-state index in [0.29, 0.717) is 12.2 Å². The molecular weight excluding hydrogens is 374 g/mol. The Bertz CT molecular complexity index is 991. The average molecular weight is 404 g/mol. The number of nitrogens with zero attached hydrogens (tertiary/aromatic N) is 4. The maximum absolute atomic E-state index is 12.8. The molecule has 1 saturated heterocycles. The molecule has 4 rings (SSSR count). The summed E-state index contributed by atoms with van der Waals surface area (Å²) in [4.78, 5) is 17.5. The zero-order valence-corrected chi connectivity index (χ0v) is 17.6. The first-order valence-electron chi connectivity index (χ1n) is 10.7. The van der Waals surface area contributed by atoms with E-state index in [4.69, 9.17) is 0 Å². The number of hydrogen-bond donors (Lipinski definition) is 1. The molecule has 0 unspecified atom stereocenters. The zero-order chi connectivity index (χ0) is 20.8. The molecule has 6 heteroatoms. The molecule has 156 valence electrons. The van der Waals surface area contributed by atoms with Crippen LogP contribution in [0.4, 0.5) is 5.82 Å². The van der Waals surface area contributed by atoms with Crippen molar-refractivity contribution in [1.29, 1.82) is 0 Å². The third-order valence-electron chi connectivity index (χ3n) is 5.67. The third kappa shape index (κ3) is 4.76. The number of nitrogens with one attached hydrogen (secondary N) is 1. The lowest BCUT2D eigenvalue weighted by Crippen LogP contribution is -2.31. The number of anilines is 1. The molecule has 2 heterocycles. The first-order chi connectivity index (χ1) is 14.7. The minimum absolute atomic E-state index is 0.158. The molecule has 0 atom stereocenters. The number of amides is 1. The van der Waals surface area contributed by atoms with Gasteiger partial charge in [0.2, 0.25) is 0 Å². The monoisotopic (exact) mass is 403 g/mol. The van der Waals surface area contributed by atoms with Crippen molar-refractivity contribution in [1.82, 2.24) is 20.4 Å². The van der Waals surface area contributed by atoms with Gasteiger partial charge in [-0.3, -0.25) is 4.79 Å². The Morgan fingerprint density at radius 2 is 1.70 bits per heavy atom. The topological polar surface area (TPSA) is 61.4 Å². The van der Waals surface area contributed by atoms with E-state index >= 15 is 0 Å². The van der Waals surface area contributed by atoms with Crippen LogP contribution in [0.25, 0.3) is 10.8 Å². The highest BCUT2D eigenvalue weighted by Gasteiger charge is 2.20. The smallest absolute Gasteiger partial charge is 0.272 e. The molecule has 3 aromatic rings. The molecule has 0 bridgehead atoms. The molecule has 0 aliphatic carbocycles. The predicted octanol–water partition coefficient (Wildman–Crippen LogP) is 3.13. The molecule has 0 saturated carbocycles. The number of aromatic nitrogens is 2. The van der Waals surface area contributed by atoms with Crippen molar-refractivity contribution < 1.29 is 4.79 Å². The van der Waals surface area contributed by atoms with E-state index in [1.165, 1.54) is 5.56 Å². The molecule has 1 fully saturated rings. The quantitative estimate of drug-likeness (QED) is 0.641. The van der Waals surface area contributed by atoms with Crippen molar-refractivity contribution in [3.05, 3.63) is 65.9 Å². The lowest BCUT2D eigenvalue weighted by Gasteiger charge is -2.23. The van der Waals surface area contributed by atoms with Gasteiger partial charge in [-0.1, -0.05) is 54.6 Å². The number of carbonyl (C=O) groups is 1. The van der Waals surface area contributed by atoms with Gasteiger partial charge in [0.25, 0.3) is 5.91 Å². The summed E-state index contributed by atoms with van der Waals surface area (Å²) in [6.45, 7) is 4.57. The van der Waals surface area contributed by atoms with E-state index < -0.39 is 0 Å². The zero-order valence-electron chi connectivity index (χ0n) is 17.6. The normalized spacial score (nSPS) is 15.2. The number of carbonyl (C=O) groups excluding carboxylic acids is 1. The van der Waals surface area contributed by atoms with Crippen LogP contribution in [0.2, 0.25) is 0 Å². The van der Waals surface area contributed by atoms with Gasteiger partial charge in [-0.2, -0.15) is 0 Å². The van der Waals surface area contributed by atoms with E-state index in [-0.39, 0.29) is 5.91 Å². The number of fused-ring (bicyclic) bond motifs is 1. The van der Waals surface area contributed by atoms with Crippen LogP contribution in [-0.2, 0) is 6.42 Å². The highest BCUT2D eigenvalue weighted by Crippen LogP contribution is 2.26. The molecule has 0 spiro atoms. The van der Waals surface area contributed by atoms with Crippen LogP contribution in [0.15, 0.2) is 54.6 Å². The van der Waals surface area contributed by atoms with Crippen LogP contribution < -0.4 is 10.2 Å². The minimum atomic E-state index is -0.158. The summed E-state index contributed by atoms with van der Waals surface area (Å²) in [6.07, 6.45) is 2.92. The van der Waals surface area contributed by atoms with Crippen molar-refractivity contribution in [3.8, 4) is 0 Å². The number of benzene rings is 2. The summed E-state index contributed by atoms with van der Waals surface area (Å²) in [6, 6.07) is 18.3. The van der Waals surface area contributed by atoms with Crippen molar-refractivity contribution in [3.63, 3.8) is 0 Å². The Hall–Kier alpha value is -2.99. The third-order valence-corrected chi connectivity index (χ3v) is 5.67. The highest BCUT2D eigenvalue weighted by molar-refractivity contribution is 6.07. The highest BCUT2D eigenvalue weighted by atomic mass is 16.1. The predicted molar refractivity (Wildman–Crippen MR) is 121 cm³/mol. The van der Waals surface area contributed by atoms with Gasteiger partial charge in [0, 0.05) is 37.0 Å². The second kappa shape index (κ2) is 9.67. The maximum atomic E-state index is 12.8. The minimum Gasteiger partial charge on any atom is -0.353 e. The fraction of sp³-hybridized carbons (Fsp3) is 0.375. The Kier molecular flexibility index (Phi) is 6.54. The van der Waals surface area contributed by atoms with E-state index in [1.807, 2.05) is 42.5 Å². The summed E-state index contributed by atoms with van der Waals surface area (Å²) in [7, 11) is 2.15. The fourth-order valence-corrected chi connectivity index (χ4v) is 3.97. The lowest BCUT2D eigenvalue weighted by atomic mass is 10.1. The Morgan fingerprint density at radius 3 is 2.53 bits per heavy atom. The van der Waals surface area contributed by atoms with Crippen molar-refractivity contribution in [2.75, 3.05) is 44.7 Å². The summed E-state index contributed by atoms with van der Waals surface area (Å²) >= 11 is 0. The van der Waals surface area contributed by atoms with Gasteiger partial charge >= 0.3 is 0 Å². The Balaban J connectivity index is 1.47. The number of aryl methyl sites for hydroxylation is 1. The molecule has 1 amide bonds. The molecule has 1 aliphatic rings. The van der Waals surface area contributed by atoms with Gasteiger partial charge in [-0.25, -0.2) is 0 Å². The van der Waals surface area contributed by atoms with Crippen LogP contribution in [0.3, 0.4) is 0 Å². The van der Waals surface area contributed by atoms with Crippen LogP contribution in [-0.4, -0.2) is 60.8 Å². The summed E-state index contributed by atoms with van der Waals surface area (Å²) in [5.41, 5.74) is 1.69. The lowest BCUT2D eigenvalue weighted by molar-refractivity contribution is 0.0949. The average Bonchev–Trinajstić information content (AvgIpc) is 3.01. The van der Waals surface area contributed by atoms with E-state index in [1.54, 1.807) is 0 Å². The van der Waals surface area contributed by atoms with E-state index in [2.05, 4.69) is 44.5 Å². The van der Waals surface area contributed by atoms with Gasteiger partial charge < -0.3 is 15.1 Å². The SMILES string of the molecule is CN1CCCN(c2nnc(C(=O)NCCCc3ccccc3)c3ccccc23)CC1. The summed E-state index contributed by atoms with van der Waals surface area (Å²) in [5, 5.41) is 13.7. The van der Waals surface area contributed by atoms with Gasteiger partial charge in [-0.05, 0) is 38.4 Å².